The highest BCUT2D eigenvalue weighted by molar-refractivity contribution is 7.99. The molecule has 0 aliphatic carbocycles. The van der Waals surface area contributed by atoms with Gasteiger partial charge in [0.1, 0.15) is 11.6 Å². The molecule has 7 heteroatoms. The molecular formula is C14H17FN4OS. The second kappa shape index (κ2) is 6.73. The highest BCUT2D eigenvalue weighted by Crippen LogP contribution is 2.37. The molecule has 0 bridgehead atoms. The Bertz CT molecular complexity index is 676. The summed E-state index contributed by atoms with van der Waals surface area (Å²) < 4.78 is 14.0. The number of nitrogens with two attached hydrogens (primary N) is 2. The van der Waals surface area contributed by atoms with Crippen molar-refractivity contribution in [2.45, 2.75) is 29.8 Å². The lowest BCUT2D eigenvalue weighted by atomic mass is 10.0. The first kappa shape index (κ1) is 15.5. The Hall–Kier alpha value is -1.86. The maximum absolute atomic E-state index is 14.0. The lowest BCUT2D eigenvalue weighted by molar-refractivity contribution is 0.572. The van der Waals surface area contributed by atoms with Crippen molar-refractivity contribution in [3.8, 4) is 0 Å². The zero-order valence-corrected chi connectivity index (χ0v) is 12.4. The largest absolute Gasteiger partial charge is 0.383 e. The van der Waals surface area contributed by atoms with Crippen LogP contribution in [0.1, 0.15) is 24.2 Å². The van der Waals surface area contributed by atoms with Crippen molar-refractivity contribution in [2.24, 2.45) is 5.73 Å². The number of aromatic nitrogens is 2. The lowest BCUT2D eigenvalue weighted by Gasteiger charge is -2.22. The van der Waals surface area contributed by atoms with E-state index < -0.39 is 0 Å². The van der Waals surface area contributed by atoms with E-state index in [0.29, 0.717) is 17.1 Å². The highest BCUT2D eigenvalue weighted by atomic mass is 32.2. The Morgan fingerprint density at radius 2 is 2.14 bits per heavy atom. The van der Waals surface area contributed by atoms with E-state index in [1.807, 2.05) is 6.92 Å². The number of hydrogen-bond donors (Lipinski definition) is 3. The fraction of sp³-hybridized carbons (Fsp3) is 0.286. The van der Waals surface area contributed by atoms with Crippen molar-refractivity contribution in [2.75, 3.05) is 5.73 Å². The van der Waals surface area contributed by atoms with Gasteiger partial charge in [-0.25, -0.2) is 9.37 Å². The molecule has 2 aromatic rings. The quantitative estimate of drug-likeness (QED) is 0.580. The van der Waals surface area contributed by atoms with Crippen molar-refractivity contribution in [3.05, 3.63) is 52.1 Å². The first-order valence-electron chi connectivity index (χ1n) is 6.54. The topological polar surface area (TPSA) is 97.8 Å². The lowest BCUT2D eigenvalue weighted by Crippen LogP contribution is -2.26. The number of hydrogen-bond acceptors (Lipinski definition) is 5. The molecule has 112 valence electrons. The third-order valence-corrected chi connectivity index (χ3v) is 4.32. The van der Waals surface area contributed by atoms with Gasteiger partial charge in [-0.15, -0.1) is 0 Å². The molecule has 2 rings (SSSR count). The van der Waals surface area contributed by atoms with Crippen molar-refractivity contribution in [3.63, 3.8) is 0 Å². The molecule has 2 atom stereocenters. The van der Waals surface area contributed by atoms with Gasteiger partial charge in [0.2, 0.25) is 0 Å². The number of benzene rings is 1. The molecule has 0 amide bonds. The Labute approximate surface area is 126 Å². The minimum Gasteiger partial charge on any atom is -0.383 e. The summed E-state index contributed by atoms with van der Waals surface area (Å²) in [6.45, 7) is 1.93. The Kier molecular flexibility index (Phi) is 4.98. The van der Waals surface area contributed by atoms with Crippen LogP contribution in [-0.4, -0.2) is 16.0 Å². The number of nitrogen functional groups attached to an aromatic ring is 1. The Balaban J connectivity index is 2.37. The molecule has 0 fully saturated rings. The first-order valence-corrected chi connectivity index (χ1v) is 7.42. The van der Waals surface area contributed by atoms with Gasteiger partial charge in [-0.2, -0.15) is 0 Å². The summed E-state index contributed by atoms with van der Waals surface area (Å²) in [5, 5.41) is -0.0293. The number of nitrogens with zero attached hydrogens (tertiary/aromatic N) is 1. The summed E-state index contributed by atoms with van der Waals surface area (Å²) in [7, 11) is 0. The van der Waals surface area contributed by atoms with Crippen molar-refractivity contribution in [1.29, 1.82) is 0 Å². The SMILES string of the molecule is CCC(N)C(Sc1nc(N)cc(=O)[nH]1)c1ccccc1F. The van der Waals surface area contributed by atoms with Gasteiger partial charge in [0.25, 0.3) is 5.56 Å². The molecular weight excluding hydrogens is 291 g/mol. The maximum atomic E-state index is 14.0. The zero-order valence-electron chi connectivity index (χ0n) is 11.5. The van der Waals surface area contributed by atoms with Gasteiger partial charge in [0, 0.05) is 17.7 Å². The molecule has 5 nitrogen and oxygen atoms in total. The minimum atomic E-state index is -0.360. The molecule has 0 spiro atoms. The van der Waals surface area contributed by atoms with Gasteiger partial charge in [-0.3, -0.25) is 4.79 Å². The molecule has 1 aromatic heterocycles. The fourth-order valence-corrected chi connectivity index (χ4v) is 3.17. The number of rotatable bonds is 5. The molecule has 1 heterocycles. The third-order valence-electron chi connectivity index (χ3n) is 3.05. The Morgan fingerprint density at radius 3 is 2.76 bits per heavy atom. The van der Waals surface area contributed by atoms with Crippen LogP contribution in [0.25, 0.3) is 0 Å². The van der Waals surface area contributed by atoms with E-state index in [-0.39, 0.29) is 28.5 Å². The molecule has 5 N–H and O–H groups in total. The van der Waals surface area contributed by atoms with E-state index in [1.54, 1.807) is 18.2 Å². The molecule has 0 aliphatic heterocycles. The van der Waals surface area contributed by atoms with E-state index in [9.17, 15) is 9.18 Å². The number of halogens is 1. The normalized spacial score (nSPS) is 13.9. The average molecular weight is 308 g/mol. The number of thioether (sulfide) groups is 1. The number of nitrogens with one attached hydrogen (secondary N) is 1. The number of H-pyrrole nitrogens is 1. The summed E-state index contributed by atoms with van der Waals surface area (Å²) in [5.74, 6) is -0.205. The summed E-state index contributed by atoms with van der Waals surface area (Å²) >= 11 is 1.21. The van der Waals surface area contributed by atoms with E-state index in [4.69, 9.17) is 11.5 Å². The second-order valence-electron chi connectivity index (χ2n) is 4.61. The molecule has 0 aliphatic rings. The molecule has 0 saturated carbocycles. The highest BCUT2D eigenvalue weighted by Gasteiger charge is 2.23. The zero-order chi connectivity index (χ0) is 15.4. The van der Waals surface area contributed by atoms with Crippen molar-refractivity contribution < 1.29 is 4.39 Å². The third kappa shape index (κ3) is 3.83. The standard InChI is InChI=1S/C14H17FN4OS/c1-2-10(16)13(8-5-3-4-6-9(8)15)21-14-18-11(17)7-12(20)19-14/h3-7,10,13H,2,16H2,1H3,(H3,17,18,19,20). The fourth-order valence-electron chi connectivity index (χ4n) is 1.93. The van der Waals surface area contributed by atoms with E-state index in [2.05, 4.69) is 9.97 Å². The Morgan fingerprint density at radius 1 is 1.43 bits per heavy atom. The molecule has 21 heavy (non-hydrogen) atoms. The van der Waals surface area contributed by atoms with Gasteiger partial charge < -0.3 is 16.5 Å². The van der Waals surface area contributed by atoms with Gasteiger partial charge in [0.15, 0.2) is 5.16 Å². The molecule has 0 radical (unpaired) electrons. The van der Waals surface area contributed by atoms with E-state index in [0.717, 1.165) is 0 Å². The molecule has 2 unspecified atom stereocenters. The van der Waals surface area contributed by atoms with Gasteiger partial charge >= 0.3 is 0 Å². The van der Waals surface area contributed by atoms with Crippen LogP contribution in [0.5, 0.6) is 0 Å². The average Bonchev–Trinajstić information content (AvgIpc) is 2.44. The number of anilines is 1. The molecule has 1 aromatic carbocycles. The predicted octanol–water partition coefficient (Wildman–Crippen LogP) is 2.06. The van der Waals surface area contributed by atoms with Gasteiger partial charge in [0.05, 0.1) is 5.25 Å². The van der Waals surface area contributed by atoms with Crippen molar-refractivity contribution >= 4 is 17.6 Å². The van der Waals surface area contributed by atoms with Crippen LogP contribution in [0, 0.1) is 5.82 Å². The molecule has 0 saturated heterocycles. The van der Waals surface area contributed by atoms with Crippen LogP contribution in [0.2, 0.25) is 0 Å². The predicted molar refractivity (Wildman–Crippen MR) is 82.5 cm³/mol. The van der Waals surface area contributed by atoms with Gasteiger partial charge in [-0.05, 0) is 12.5 Å². The first-order chi connectivity index (χ1) is 10.0. The summed E-state index contributed by atoms with van der Waals surface area (Å²) in [6.07, 6.45) is 0.665. The summed E-state index contributed by atoms with van der Waals surface area (Å²) in [4.78, 5) is 18.1. The van der Waals surface area contributed by atoms with E-state index in [1.165, 1.54) is 23.9 Å². The van der Waals surface area contributed by atoms with Crippen LogP contribution >= 0.6 is 11.8 Å². The smallest absolute Gasteiger partial charge is 0.253 e. The monoisotopic (exact) mass is 308 g/mol. The maximum Gasteiger partial charge on any atom is 0.253 e. The minimum absolute atomic E-state index is 0.124. The van der Waals surface area contributed by atoms with Crippen LogP contribution in [-0.2, 0) is 0 Å². The van der Waals surface area contributed by atoms with E-state index >= 15 is 0 Å². The van der Waals surface area contributed by atoms with Crippen molar-refractivity contribution in [1.82, 2.24) is 9.97 Å². The summed E-state index contributed by atoms with van der Waals surface area (Å²) in [6, 6.07) is 7.37. The van der Waals surface area contributed by atoms with Crippen LogP contribution in [0.3, 0.4) is 0 Å². The number of aromatic amines is 1. The van der Waals surface area contributed by atoms with Gasteiger partial charge in [-0.1, -0.05) is 36.9 Å². The van der Waals surface area contributed by atoms with Crippen LogP contribution in [0.15, 0.2) is 40.3 Å². The summed E-state index contributed by atoms with van der Waals surface area (Å²) in [5.41, 5.74) is 11.8. The van der Waals surface area contributed by atoms with Crippen LogP contribution < -0.4 is 17.0 Å². The van der Waals surface area contributed by atoms with Crippen LogP contribution in [0.4, 0.5) is 10.2 Å². The second-order valence-corrected chi connectivity index (χ2v) is 5.74.